The zero-order valence-corrected chi connectivity index (χ0v) is 7.06. The van der Waals surface area contributed by atoms with Crippen LogP contribution in [0.4, 0.5) is 4.79 Å². The number of rotatable bonds is 3. The summed E-state index contributed by atoms with van der Waals surface area (Å²) < 4.78 is 0. The van der Waals surface area contributed by atoms with Crippen molar-refractivity contribution in [3.8, 4) is 0 Å². The van der Waals surface area contributed by atoms with E-state index in [0.29, 0.717) is 6.42 Å². The Kier molecular flexibility index (Phi) is 2.69. The Bertz CT molecular complexity index is 241. The van der Waals surface area contributed by atoms with E-state index in [1.807, 2.05) is 0 Å². The van der Waals surface area contributed by atoms with Crippen molar-refractivity contribution < 1.29 is 14.4 Å². The number of urea groups is 1. The lowest BCUT2D eigenvalue weighted by Crippen LogP contribution is -2.29. The van der Waals surface area contributed by atoms with Gasteiger partial charge in [-0.05, 0) is 6.42 Å². The van der Waals surface area contributed by atoms with E-state index in [0.717, 1.165) is 0 Å². The molecule has 0 spiro atoms. The summed E-state index contributed by atoms with van der Waals surface area (Å²) in [6, 6.07) is -1.08. The molecule has 3 amide bonds. The highest BCUT2D eigenvalue weighted by atomic mass is 32.1. The molecular weight excluding hydrogens is 180 g/mol. The average molecular weight is 188 g/mol. The zero-order chi connectivity index (χ0) is 9.14. The van der Waals surface area contributed by atoms with Crippen LogP contribution in [0, 0.1) is 0 Å². The maximum absolute atomic E-state index is 10.9. The second kappa shape index (κ2) is 3.57. The normalized spacial score (nSPS) is 21.9. The van der Waals surface area contributed by atoms with Crippen molar-refractivity contribution in [3.05, 3.63) is 0 Å². The summed E-state index contributed by atoms with van der Waals surface area (Å²) in [7, 11) is 0. The molecule has 0 bridgehead atoms. The van der Waals surface area contributed by atoms with Gasteiger partial charge in [-0.2, -0.15) is 0 Å². The number of carbonyl (C=O) groups excluding carboxylic acids is 3. The number of imide groups is 1. The first kappa shape index (κ1) is 9.05. The molecule has 66 valence electrons. The summed E-state index contributed by atoms with van der Waals surface area (Å²) in [5, 5.41) is 4.15. The van der Waals surface area contributed by atoms with E-state index in [4.69, 9.17) is 0 Å². The van der Waals surface area contributed by atoms with Crippen LogP contribution in [0.15, 0.2) is 0 Å². The highest BCUT2D eigenvalue weighted by Crippen LogP contribution is 2.03. The third-order valence-corrected chi connectivity index (χ3v) is 1.73. The molecule has 12 heavy (non-hydrogen) atoms. The van der Waals surface area contributed by atoms with Gasteiger partial charge in [0.2, 0.25) is 0 Å². The highest BCUT2D eigenvalue weighted by molar-refractivity contribution is 7.96. The molecule has 0 radical (unpaired) electrons. The van der Waals surface area contributed by atoms with Crippen LogP contribution in [0.5, 0.6) is 0 Å². The lowest BCUT2D eigenvalue weighted by Gasteiger charge is -2.03. The van der Waals surface area contributed by atoms with Gasteiger partial charge in [-0.15, -0.1) is 12.6 Å². The first-order valence-electron chi connectivity index (χ1n) is 3.43. The summed E-state index contributed by atoms with van der Waals surface area (Å²) in [6.07, 6.45) is 0.487. The minimum Gasteiger partial charge on any atom is -0.326 e. The fraction of sp³-hybridized carbons (Fsp3) is 0.500. The summed E-state index contributed by atoms with van der Waals surface area (Å²) in [4.78, 5) is 31.8. The largest absolute Gasteiger partial charge is 0.326 e. The number of hydrogen-bond donors (Lipinski definition) is 3. The van der Waals surface area contributed by atoms with Crippen LogP contribution in [0.25, 0.3) is 0 Å². The van der Waals surface area contributed by atoms with Crippen LogP contribution in [0.1, 0.15) is 12.8 Å². The molecule has 0 aromatic heterocycles. The molecule has 5 nitrogen and oxygen atoms in total. The Morgan fingerprint density at radius 1 is 1.50 bits per heavy atom. The number of hydrogen-bond acceptors (Lipinski definition) is 3. The minimum atomic E-state index is -0.575. The van der Waals surface area contributed by atoms with Crippen molar-refractivity contribution in [1.29, 1.82) is 0 Å². The Hall–Kier alpha value is -1.04. The fourth-order valence-corrected chi connectivity index (χ4v) is 1.06. The monoisotopic (exact) mass is 188 g/mol. The van der Waals surface area contributed by atoms with Gasteiger partial charge in [0.25, 0.3) is 5.91 Å². The van der Waals surface area contributed by atoms with Crippen LogP contribution in [-0.4, -0.2) is 23.1 Å². The molecule has 1 fully saturated rings. The number of carbonyl (C=O) groups is 3. The van der Waals surface area contributed by atoms with Gasteiger partial charge in [0.05, 0.1) is 0 Å². The van der Waals surface area contributed by atoms with Gasteiger partial charge in [-0.1, -0.05) is 0 Å². The molecule has 1 rings (SSSR count). The SMILES string of the molecule is O=C(S)CC[C@H]1NC(=O)NC1=O. The maximum Gasteiger partial charge on any atom is 0.322 e. The topological polar surface area (TPSA) is 75.3 Å². The number of nitrogens with one attached hydrogen (secondary N) is 2. The fourth-order valence-electron chi connectivity index (χ4n) is 0.930. The van der Waals surface area contributed by atoms with E-state index < -0.39 is 12.1 Å². The quantitative estimate of drug-likeness (QED) is 0.410. The van der Waals surface area contributed by atoms with Crippen molar-refractivity contribution in [2.24, 2.45) is 0 Å². The summed E-state index contributed by atoms with van der Waals surface area (Å²) in [5.74, 6) is -0.380. The first-order valence-corrected chi connectivity index (χ1v) is 3.87. The number of thiol groups is 1. The van der Waals surface area contributed by atoms with Gasteiger partial charge < -0.3 is 5.32 Å². The number of amides is 3. The summed E-state index contributed by atoms with van der Waals surface area (Å²) in [5.41, 5.74) is 0. The highest BCUT2D eigenvalue weighted by Gasteiger charge is 2.28. The second-order valence-electron chi connectivity index (χ2n) is 2.45. The van der Waals surface area contributed by atoms with Crippen LogP contribution in [0.2, 0.25) is 0 Å². The van der Waals surface area contributed by atoms with Crippen LogP contribution in [0.3, 0.4) is 0 Å². The van der Waals surface area contributed by atoms with E-state index in [9.17, 15) is 14.4 Å². The molecular formula is C6H8N2O3S. The standard InChI is InChI=1S/C6H8N2O3S/c9-4(12)2-1-3-5(10)8-6(11)7-3/h3H,1-2H2,(H,9,12)(H2,7,8,10,11)/t3-/m1/s1. The van der Waals surface area contributed by atoms with E-state index >= 15 is 0 Å². The van der Waals surface area contributed by atoms with Gasteiger partial charge >= 0.3 is 6.03 Å². The van der Waals surface area contributed by atoms with E-state index in [1.54, 1.807) is 0 Å². The molecule has 0 saturated carbocycles. The third kappa shape index (κ3) is 2.23. The molecule has 0 aromatic rings. The lowest BCUT2D eigenvalue weighted by atomic mass is 10.2. The molecule has 1 heterocycles. The smallest absolute Gasteiger partial charge is 0.322 e. The van der Waals surface area contributed by atoms with Crippen molar-refractivity contribution in [1.82, 2.24) is 10.6 Å². The van der Waals surface area contributed by atoms with Gasteiger partial charge in [-0.25, -0.2) is 4.79 Å². The molecule has 2 N–H and O–H groups in total. The summed E-state index contributed by atoms with van der Waals surface area (Å²) >= 11 is 3.54. The van der Waals surface area contributed by atoms with E-state index in [2.05, 4.69) is 23.3 Å². The Morgan fingerprint density at radius 2 is 2.17 bits per heavy atom. The van der Waals surface area contributed by atoms with Crippen molar-refractivity contribution in [3.63, 3.8) is 0 Å². The third-order valence-electron chi connectivity index (χ3n) is 1.51. The molecule has 1 atom stereocenters. The van der Waals surface area contributed by atoms with Gasteiger partial charge in [0.15, 0.2) is 5.12 Å². The molecule has 1 aliphatic rings. The van der Waals surface area contributed by atoms with E-state index in [1.165, 1.54) is 0 Å². The van der Waals surface area contributed by atoms with Crippen molar-refractivity contribution in [2.45, 2.75) is 18.9 Å². The van der Waals surface area contributed by atoms with Crippen LogP contribution >= 0.6 is 12.6 Å². The second-order valence-corrected chi connectivity index (χ2v) is 2.95. The van der Waals surface area contributed by atoms with Crippen LogP contribution in [-0.2, 0) is 9.59 Å². The Balaban J connectivity index is 2.38. The average Bonchev–Trinajstić information content (AvgIpc) is 2.26. The van der Waals surface area contributed by atoms with Crippen molar-refractivity contribution in [2.75, 3.05) is 0 Å². The molecule has 1 aliphatic heterocycles. The van der Waals surface area contributed by atoms with Crippen LogP contribution < -0.4 is 10.6 Å². The predicted octanol–water partition coefficient (Wildman–Crippen LogP) is -0.569. The molecule has 0 unspecified atom stereocenters. The molecule has 0 aliphatic carbocycles. The Morgan fingerprint density at radius 3 is 2.58 bits per heavy atom. The maximum atomic E-state index is 10.9. The van der Waals surface area contributed by atoms with Gasteiger partial charge in [0.1, 0.15) is 6.04 Å². The zero-order valence-electron chi connectivity index (χ0n) is 6.16. The van der Waals surface area contributed by atoms with Crippen molar-refractivity contribution >= 4 is 29.7 Å². The first-order chi connectivity index (χ1) is 5.59. The predicted molar refractivity (Wildman–Crippen MR) is 43.7 cm³/mol. The Labute approximate surface area is 74.3 Å². The molecule has 6 heteroatoms. The van der Waals surface area contributed by atoms with E-state index in [-0.39, 0.29) is 17.4 Å². The van der Waals surface area contributed by atoms with Gasteiger partial charge in [0, 0.05) is 6.42 Å². The molecule has 1 saturated heterocycles. The lowest BCUT2D eigenvalue weighted by molar-refractivity contribution is -0.120. The minimum absolute atomic E-state index is 0.182. The summed E-state index contributed by atoms with van der Waals surface area (Å²) in [6.45, 7) is 0. The molecule has 0 aromatic carbocycles. The van der Waals surface area contributed by atoms with Gasteiger partial charge in [-0.3, -0.25) is 14.9 Å².